The Balaban J connectivity index is 0.000000296. The van der Waals surface area contributed by atoms with Crippen LogP contribution in [0.4, 0.5) is 0 Å². The van der Waals surface area contributed by atoms with Crippen LogP contribution in [-0.2, 0) is 19.6 Å². The first-order valence-corrected chi connectivity index (χ1v) is 15.3. The summed E-state index contributed by atoms with van der Waals surface area (Å²) >= 11 is 3.59. The fourth-order valence-corrected chi connectivity index (χ4v) is 5.17. The molecule has 0 radical (unpaired) electrons. The molecule has 0 bridgehead atoms. The van der Waals surface area contributed by atoms with Crippen LogP contribution in [-0.4, -0.2) is 45.8 Å². The summed E-state index contributed by atoms with van der Waals surface area (Å²) in [6, 6.07) is 17.6. The van der Waals surface area contributed by atoms with Crippen LogP contribution < -0.4 is 0 Å². The molecule has 4 aromatic rings. The number of fused-ring (bicyclic) bond motifs is 3. The van der Waals surface area contributed by atoms with Crippen molar-refractivity contribution in [2.24, 2.45) is 4.99 Å². The first kappa shape index (κ1) is 30.3. The second-order valence-corrected chi connectivity index (χ2v) is 11.8. The molecule has 0 amide bonds. The minimum absolute atomic E-state index is 0.0666. The van der Waals surface area contributed by atoms with Crippen molar-refractivity contribution in [1.82, 2.24) is 14.5 Å². The summed E-state index contributed by atoms with van der Waals surface area (Å²) in [6.45, 7) is 6.30. The molecule has 5 rings (SSSR count). The van der Waals surface area contributed by atoms with E-state index >= 15 is 0 Å². The third kappa shape index (κ3) is 7.55. The van der Waals surface area contributed by atoms with Crippen molar-refractivity contribution < 1.29 is 22.5 Å². The van der Waals surface area contributed by atoms with Crippen molar-refractivity contribution >= 4 is 37.7 Å². The van der Waals surface area contributed by atoms with Gasteiger partial charge in [0.05, 0.1) is 28.6 Å². The fraction of sp³-hybridized carbons (Fsp3) is 0.267. The summed E-state index contributed by atoms with van der Waals surface area (Å²) in [5, 5.41) is 0. The minimum Gasteiger partial charge on any atom is -0.466 e. The molecule has 2 aromatic carbocycles. The Kier molecular flexibility index (Phi) is 9.85. The molecule has 0 fully saturated rings. The van der Waals surface area contributed by atoms with Gasteiger partial charge >= 0.3 is 5.97 Å². The van der Waals surface area contributed by atoms with Gasteiger partial charge in [-0.3, -0.25) is 23.9 Å². The van der Waals surface area contributed by atoms with Crippen molar-refractivity contribution in [3.05, 3.63) is 106 Å². The summed E-state index contributed by atoms with van der Waals surface area (Å²) < 4.78 is 37.9. The second-order valence-electron chi connectivity index (χ2n) is 9.51. The van der Waals surface area contributed by atoms with Crippen molar-refractivity contribution in [3.63, 3.8) is 0 Å². The lowest BCUT2D eigenvalue weighted by molar-refractivity contribution is -0.143. The number of aliphatic imine (C=N–C) groups is 1. The van der Waals surface area contributed by atoms with E-state index in [9.17, 15) is 13.2 Å². The number of hydrogen-bond donors (Lipinski definition) is 1. The fourth-order valence-electron chi connectivity index (χ4n) is 4.33. The number of ether oxygens (including phenoxy) is 1. The standard InChI is InChI=1S/C23H23BrN4O2.C7H8O3S/c1-3-12-30-21(29)10-8-19-23-26-14-15(2)28(23)20-9-7-16(24)13-17(20)22(27-19)18-6-4-5-11-25-18;1-6-2-4-7(5-3-6)11(8,9)10/h4-7,9,11,13-14,19H,3,8,10,12H2,1-2H3;2-5H,1H3,(H,8,9,10)/t19-;/m0./s1. The van der Waals surface area contributed by atoms with E-state index in [1.54, 1.807) is 18.3 Å². The summed E-state index contributed by atoms with van der Waals surface area (Å²) in [5.41, 5.74) is 5.54. The van der Waals surface area contributed by atoms with Crippen LogP contribution in [0.25, 0.3) is 5.69 Å². The summed E-state index contributed by atoms with van der Waals surface area (Å²) in [4.78, 5) is 26.4. The highest BCUT2D eigenvalue weighted by Crippen LogP contribution is 2.34. The summed E-state index contributed by atoms with van der Waals surface area (Å²) in [6.07, 6.45) is 5.23. The normalized spacial score (nSPS) is 14.1. The molecule has 2 aromatic heterocycles. The second kappa shape index (κ2) is 13.3. The molecule has 0 spiro atoms. The molecule has 1 N–H and O–H groups in total. The summed E-state index contributed by atoms with van der Waals surface area (Å²) in [5.74, 6) is 0.621. The van der Waals surface area contributed by atoms with Crippen LogP contribution in [0.2, 0.25) is 0 Å². The number of benzene rings is 2. The number of hydrogen-bond acceptors (Lipinski definition) is 7. The molecule has 11 heteroatoms. The maximum atomic E-state index is 12.1. The van der Waals surface area contributed by atoms with E-state index in [1.165, 1.54) is 12.1 Å². The zero-order valence-electron chi connectivity index (χ0n) is 23.0. The molecular formula is C30H31BrN4O5S. The quantitative estimate of drug-likeness (QED) is 0.189. The monoisotopic (exact) mass is 638 g/mol. The minimum atomic E-state index is -4.02. The lowest BCUT2D eigenvalue weighted by Gasteiger charge is -2.14. The molecule has 41 heavy (non-hydrogen) atoms. The zero-order valence-corrected chi connectivity index (χ0v) is 25.4. The number of carbonyl (C=O) groups is 1. The maximum absolute atomic E-state index is 12.1. The van der Waals surface area contributed by atoms with Crippen LogP contribution >= 0.6 is 15.9 Å². The predicted molar refractivity (Wildman–Crippen MR) is 160 cm³/mol. The van der Waals surface area contributed by atoms with Gasteiger partial charge in [-0.05, 0) is 69.2 Å². The van der Waals surface area contributed by atoms with Gasteiger partial charge in [0, 0.05) is 34.5 Å². The Labute approximate surface area is 248 Å². The summed E-state index contributed by atoms with van der Waals surface area (Å²) in [7, 11) is -4.02. The molecule has 0 aliphatic carbocycles. The molecule has 1 aliphatic rings. The molecule has 1 aliphatic heterocycles. The van der Waals surface area contributed by atoms with Gasteiger partial charge in [0.15, 0.2) is 0 Å². The number of imidazole rings is 1. The highest BCUT2D eigenvalue weighted by Gasteiger charge is 2.28. The lowest BCUT2D eigenvalue weighted by atomic mass is 10.0. The SMILES string of the molecule is CCCOC(=O)CC[C@@H]1N=C(c2ccccn2)c2cc(Br)ccc2-n2c(C)cnc21.Cc1ccc(S(=O)(=O)O)cc1. The van der Waals surface area contributed by atoms with Crippen molar-refractivity contribution in [2.45, 2.75) is 51.0 Å². The first-order chi connectivity index (χ1) is 19.6. The van der Waals surface area contributed by atoms with Crippen LogP contribution in [0, 0.1) is 13.8 Å². The average Bonchev–Trinajstić information content (AvgIpc) is 3.26. The van der Waals surface area contributed by atoms with Gasteiger partial charge in [-0.2, -0.15) is 8.42 Å². The highest BCUT2D eigenvalue weighted by atomic mass is 79.9. The number of aromatic nitrogens is 3. The Morgan fingerprint density at radius 1 is 1.07 bits per heavy atom. The van der Waals surface area contributed by atoms with E-state index < -0.39 is 10.1 Å². The molecule has 1 atom stereocenters. The number of nitrogens with zero attached hydrogens (tertiary/aromatic N) is 4. The maximum Gasteiger partial charge on any atom is 0.305 e. The topological polar surface area (TPSA) is 124 Å². The molecule has 9 nitrogen and oxygen atoms in total. The van der Waals surface area contributed by atoms with E-state index in [0.717, 1.165) is 50.6 Å². The Bertz CT molecular complexity index is 1650. The van der Waals surface area contributed by atoms with Crippen LogP contribution in [0.1, 0.15) is 60.6 Å². The van der Waals surface area contributed by atoms with Crippen molar-refractivity contribution in [2.75, 3.05) is 6.61 Å². The van der Waals surface area contributed by atoms with Gasteiger partial charge in [-0.15, -0.1) is 0 Å². The Morgan fingerprint density at radius 3 is 2.49 bits per heavy atom. The van der Waals surface area contributed by atoms with Gasteiger partial charge in [-0.25, -0.2) is 4.98 Å². The van der Waals surface area contributed by atoms with Crippen LogP contribution in [0.3, 0.4) is 0 Å². The Hall–Kier alpha value is -3.67. The third-order valence-corrected chi connectivity index (χ3v) is 7.68. The van der Waals surface area contributed by atoms with Crippen LogP contribution in [0.15, 0.2) is 87.4 Å². The molecule has 0 saturated heterocycles. The van der Waals surface area contributed by atoms with Gasteiger partial charge < -0.3 is 4.74 Å². The predicted octanol–water partition coefficient (Wildman–Crippen LogP) is 6.21. The molecule has 0 unspecified atom stereocenters. The number of esters is 1. The number of rotatable bonds is 7. The molecular weight excluding hydrogens is 608 g/mol. The van der Waals surface area contributed by atoms with Crippen molar-refractivity contribution in [1.29, 1.82) is 0 Å². The lowest BCUT2D eigenvalue weighted by Crippen LogP contribution is -2.11. The van der Waals surface area contributed by atoms with Gasteiger partial charge in [0.1, 0.15) is 11.9 Å². The highest BCUT2D eigenvalue weighted by molar-refractivity contribution is 9.10. The smallest absolute Gasteiger partial charge is 0.305 e. The van der Waals surface area contributed by atoms with E-state index in [0.29, 0.717) is 13.0 Å². The van der Waals surface area contributed by atoms with Gasteiger partial charge in [-0.1, -0.05) is 46.6 Å². The molecule has 0 saturated carbocycles. The Morgan fingerprint density at radius 2 is 1.83 bits per heavy atom. The van der Waals surface area contributed by atoms with E-state index in [1.807, 2.05) is 51.2 Å². The molecule has 214 valence electrons. The van der Waals surface area contributed by atoms with Gasteiger partial charge in [0.2, 0.25) is 0 Å². The van der Waals surface area contributed by atoms with E-state index in [2.05, 4.69) is 42.6 Å². The number of halogens is 1. The largest absolute Gasteiger partial charge is 0.466 e. The average molecular weight is 640 g/mol. The molecule has 3 heterocycles. The third-order valence-electron chi connectivity index (χ3n) is 6.32. The van der Waals surface area contributed by atoms with Crippen LogP contribution in [0.5, 0.6) is 0 Å². The number of carbonyl (C=O) groups excluding carboxylic acids is 1. The first-order valence-electron chi connectivity index (χ1n) is 13.1. The van der Waals surface area contributed by atoms with Gasteiger partial charge in [0.25, 0.3) is 10.1 Å². The number of aryl methyl sites for hydroxylation is 2. The zero-order chi connectivity index (χ0) is 29.6. The van der Waals surface area contributed by atoms with Crippen molar-refractivity contribution in [3.8, 4) is 5.69 Å². The van der Waals surface area contributed by atoms with E-state index in [4.69, 9.17) is 14.3 Å². The number of pyridine rings is 1. The van der Waals surface area contributed by atoms with E-state index in [-0.39, 0.29) is 23.3 Å².